The van der Waals surface area contributed by atoms with Crippen molar-refractivity contribution in [3.63, 3.8) is 0 Å². The maximum absolute atomic E-state index is 12.5. The number of likely N-dealkylation sites (tertiary alicyclic amines) is 1. The first-order chi connectivity index (χ1) is 13.2. The van der Waals surface area contributed by atoms with Gasteiger partial charge < -0.3 is 10.2 Å². The summed E-state index contributed by atoms with van der Waals surface area (Å²) in [5.41, 5.74) is 1.35. The number of H-pyrrole nitrogens is 1. The quantitative estimate of drug-likeness (QED) is 0.847. The van der Waals surface area contributed by atoms with Gasteiger partial charge in [-0.15, -0.1) is 0 Å². The Bertz CT molecular complexity index is 845. The van der Waals surface area contributed by atoms with Crippen LogP contribution in [-0.4, -0.2) is 38.3 Å². The monoisotopic (exact) mass is 367 g/mol. The average Bonchev–Trinajstić information content (AvgIpc) is 3.09. The second kappa shape index (κ2) is 7.90. The van der Waals surface area contributed by atoms with Gasteiger partial charge in [-0.25, -0.2) is 4.98 Å². The number of anilines is 1. The Balaban J connectivity index is 1.46. The topological polar surface area (TPSA) is 91.0 Å². The molecule has 4 rings (SSSR count). The second-order valence-electron chi connectivity index (χ2n) is 7.43. The van der Waals surface area contributed by atoms with E-state index in [1.54, 1.807) is 6.20 Å². The molecular weight excluding hydrogens is 342 g/mol. The first kappa shape index (κ1) is 17.7. The van der Waals surface area contributed by atoms with Crippen molar-refractivity contribution < 1.29 is 4.79 Å². The molecule has 3 heterocycles. The molecule has 2 fully saturated rings. The predicted molar refractivity (Wildman–Crippen MR) is 102 cm³/mol. The lowest BCUT2D eigenvalue weighted by Crippen LogP contribution is -2.37. The van der Waals surface area contributed by atoms with Gasteiger partial charge in [0, 0.05) is 37.2 Å². The fraction of sp³-hybridized carbons (Fsp3) is 0.500. The zero-order valence-corrected chi connectivity index (χ0v) is 15.4. The van der Waals surface area contributed by atoms with Crippen LogP contribution in [0.5, 0.6) is 0 Å². The van der Waals surface area contributed by atoms with Gasteiger partial charge in [0.2, 0.25) is 11.9 Å². The predicted octanol–water partition coefficient (Wildman–Crippen LogP) is 2.43. The molecule has 1 unspecified atom stereocenters. The molecule has 1 aliphatic heterocycles. The van der Waals surface area contributed by atoms with Gasteiger partial charge in [0.15, 0.2) is 0 Å². The summed E-state index contributed by atoms with van der Waals surface area (Å²) in [4.78, 5) is 38.2. The number of aromatic amines is 1. The lowest BCUT2D eigenvalue weighted by Gasteiger charge is -2.31. The number of hydrogen-bond donors (Lipinski definition) is 2. The molecule has 7 heteroatoms. The Morgan fingerprint density at radius 1 is 1.19 bits per heavy atom. The molecule has 7 nitrogen and oxygen atoms in total. The van der Waals surface area contributed by atoms with Crippen LogP contribution in [0, 0.1) is 0 Å². The summed E-state index contributed by atoms with van der Waals surface area (Å²) >= 11 is 0. The van der Waals surface area contributed by atoms with Crippen molar-refractivity contribution in [2.24, 2.45) is 0 Å². The maximum atomic E-state index is 12.5. The highest BCUT2D eigenvalue weighted by atomic mass is 16.2. The molecule has 2 aromatic heterocycles. The van der Waals surface area contributed by atoms with Gasteiger partial charge >= 0.3 is 0 Å². The third-order valence-electron chi connectivity index (χ3n) is 5.52. The zero-order valence-electron chi connectivity index (χ0n) is 15.4. The molecular formula is C20H25N5O2. The normalized spacial score (nSPS) is 20.8. The largest absolute Gasteiger partial charge is 0.350 e. The summed E-state index contributed by atoms with van der Waals surface area (Å²) in [7, 11) is 0. The van der Waals surface area contributed by atoms with E-state index in [1.807, 2.05) is 23.1 Å². The number of carbonyl (C=O) groups is 1. The molecule has 0 spiro atoms. The first-order valence-electron chi connectivity index (χ1n) is 9.73. The van der Waals surface area contributed by atoms with Gasteiger partial charge in [-0.1, -0.05) is 25.3 Å². The highest BCUT2D eigenvalue weighted by molar-refractivity contribution is 5.80. The maximum Gasteiger partial charge on any atom is 0.252 e. The van der Waals surface area contributed by atoms with E-state index in [2.05, 4.69) is 20.3 Å². The van der Waals surface area contributed by atoms with E-state index < -0.39 is 0 Å². The fourth-order valence-electron chi connectivity index (χ4n) is 4.12. The Hall–Kier alpha value is -2.70. The molecule has 0 radical (unpaired) electrons. The third-order valence-corrected chi connectivity index (χ3v) is 5.52. The summed E-state index contributed by atoms with van der Waals surface area (Å²) in [5.74, 6) is 0.598. The van der Waals surface area contributed by atoms with Gasteiger partial charge in [0.1, 0.15) is 0 Å². The van der Waals surface area contributed by atoms with Crippen LogP contribution in [0.25, 0.3) is 0 Å². The van der Waals surface area contributed by atoms with Crippen molar-refractivity contribution >= 4 is 11.9 Å². The molecule has 27 heavy (non-hydrogen) atoms. The summed E-state index contributed by atoms with van der Waals surface area (Å²) in [5, 5.41) is 3.12. The van der Waals surface area contributed by atoms with Crippen LogP contribution >= 0.6 is 0 Å². The van der Waals surface area contributed by atoms with E-state index in [-0.39, 0.29) is 17.4 Å². The molecule has 1 saturated carbocycles. The minimum absolute atomic E-state index is 0.0165. The average molecular weight is 367 g/mol. The van der Waals surface area contributed by atoms with Crippen molar-refractivity contribution in [1.82, 2.24) is 19.9 Å². The Morgan fingerprint density at radius 3 is 2.81 bits per heavy atom. The van der Waals surface area contributed by atoms with Crippen molar-refractivity contribution in [3.05, 3.63) is 52.2 Å². The van der Waals surface area contributed by atoms with Crippen LogP contribution in [0.1, 0.15) is 55.8 Å². The molecule has 2 aromatic rings. The number of pyridine rings is 1. The molecule has 1 atom stereocenters. The van der Waals surface area contributed by atoms with Crippen molar-refractivity contribution in [2.45, 2.75) is 57.0 Å². The van der Waals surface area contributed by atoms with Gasteiger partial charge in [-0.05, 0) is 25.0 Å². The summed E-state index contributed by atoms with van der Waals surface area (Å²) in [6.07, 6.45) is 8.02. The SMILES string of the molecule is O=C1CC(c2cc(=O)[nH]c(NCc3ccccn3)n2)CN1C1CCCCC1. The molecule has 142 valence electrons. The molecule has 1 aliphatic carbocycles. The summed E-state index contributed by atoms with van der Waals surface area (Å²) < 4.78 is 0. The zero-order chi connectivity index (χ0) is 18.6. The molecule has 1 saturated heterocycles. The van der Waals surface area contributed by atoms with E-state index in [0.717, 1.165) is 18.5 Å². The minimum atomic E-state index is -0.202. The van der Waals surface area contributed by atoms with Gasteiger partial charge in [-0.2, -0.15) is 0 Å². The van der Waals surface area contributed by atoms with Gasteiger partial charge in [-0.3, -0.25) is 19.6 Å². The standard InChI is InChI=1S/C20H25N5O2/c26-18-11-17(23-20(24-18)22-12-15-6-4-5-9-21-15)14-10-19(27)25(13-14)16-7-2-1-3-8-16/h4-6,9,11,14,16H,1-3,7-8,10,12-13H2,(H2,22,23,24,26). The highest BCUT2D eigenvalue weighted by Gasteiger charge is 2.36. The second-order valence-corrected chi connectivity index (χ2v) is 7.43. The Morgan fingerprint density at radius 2 is 2.04 bits per heavy atom. The van der Waals surface area contributed by atoms with Crippen LogP contribution in [0.3, 0.4) is 0 Å². The van der Waals surface area contributed by atoms with E-state index in [9.17, 15) is 9.59 Å². The number of carbonyl (C=O) groups excluding carboxylic acids is 1. The smallest absolute Gasteiger partial charge is 0.252 e. The van der Waals surface area contributed by atoms with Crippen molar-refractivity contribution in [1.29, 1.82) is 0 Å². The van der Waals surface area contributed by atoms with E-state index in [4.69, 9.17) is 0 Å². The molecule has 0 aromatic carbocycles. The van der Waals surface area contributed by atoms with Crippen LogP contribution in [-0.2, 0) is 11.3 Å². The van der Waals surface area contributed by atoms with Crippen molar-refractivity contribution in [3.8, 4) is 0 Å². The number of rotatable bonds is 5. The fourth-order valence-corrected chi connectivity index (χ4v) is 4.12. The van der Waals surface area contributed by atoms with Crippen molar-refractivity contribution in [2.75, 3.05) is 11.9 Å². The summed E-state index contributed by atoms with van der Waals surface area (Å²) in [6.45, 7) is 1.14. The number of nitrogens with one attached hydrogen (secondary N) is 2. The molecule has 2 N–H and O–H groups in total. The van der Waals surface area contributed by atoms with Gasteiger partial charge in [0.25, 0.3) is 5.56 Å². The van der Waals surface area contributed by atoms with Crippen LogP contribution in [0.4, 0.5) is 5.95 Å². The first-order valence-corrected chi connectivity index (χ1v) is 9.73. The number of nitrogens with zero attached hydrogens (tertiary/aromatic N) is 3. The highest BCUT2D eigenvalue weighted by Crippen LogP contribution is 2.32. The molecule has 0 bridgehead atoms. The third kappa shape index (κ3) is 4.18. The van der Waals surface area contributed by atoms with Crippen LogP contribution in [0.15, 0.2) is 35.3 Å². The van der Waals surface area contributed by atoms with E-state index in [0.29, 0.717) is 37.2 Å². The minimum Gasteiger partial charge on any atom is -0.350 e. The summed E-state index contributed by atoms with van der Waals surface area (Å²) in [6, 6.07) is 7.57. The van der Waals surface area contributed by atoms with Crippen LogP contribution < -0.4 is 10.9 Å². The number of aromatic nitrogens is 3. The van der Waals surface area contributed by atoms with E-state index >= 15 is 0 Å². The molecule has 1 amide bonds. The molecule has 2 aliphatic rings. The lowest BCUT2D eigenvalue weighted by molar-refractivity contribution is -0.130. The number of amides is 1. The number of hydrogen-bond acceptors (Lipinski definition) is 5. The lowest BCUT2D eigenvalue weighted by atomic mass is 9.94. The Labute approximate surface area is 158 Å². The Kier molecular flexibility index (Phi) is 5.18. The van der Waals surface area contributed by atoms with E-state index in [1.165, 1.54) is 25.3 Å². The van der Waals surface area contributed by atoms with Gasteiger partial charge in [0.05, 0.1) is 17.9 Å². The van der Waals surface area contributed by atoms with Crippen LogP contribution in [0.2, 0.25) is 0 Å².